The van der Waals surface area contributed by atoms with Crippen molar-refractivity contribution in [1.29, 1.82) is 0 Å². The van der Waals surface area contributed by atoms with E-state index < -0.39 is 17.7 Å². The largest absolute Gasteiger partial charge is 0.458 e. The van der Waals surface area contributed by atoms with Gasteiger partial charge >= 0.3 is 12.1 Å². The number of alkyl halides is 5. The molecule has 0 fully saturated rings. The van der Waals surface area contributed by atoms with Crippen LogP contribution in [0.25, 0.3) is 0 Å². The average molecular weight is 240 g/mol. The van der Waals surface area contributed by atoms with Gasteiger partial charge in [-0.3, -0.25) is 0 Å². The van der Waals surface area contributed by atoms with Gasteiger partial charge in [0, 0.05) is 5.56 Å². The van der Waals surface area contributed by atoms with Gasteiger partial charge in [0.15, 0.2) is 11.5 Å². The molecule has 0 atom stereocenters. The van der Waals surface area contributed by atoms with Crippen LogP contribution < -0.4 is 9.47 Å². The molecule has 2 nitrogen and oxygen atoms in total. The van der Waals surface area contributed by atoms with Crippen molar-refractivity contribution in [2.45, 2.75) is 12.1 Å². The first-order valence-electron chi connectivity index (χ1n) is 4.17. The van der Waals surface area contributed by atoms with Crippen molar-refractivity contribution in [2.75, 3.05) is 6.79 Å². The van der Waals surface area contributed by atoms with Gasteiger partial charge in [-0.1, -0.05) is 0 Å². The van der Waals surface area contributed by atoms with Gasteiger partial charge in [-0.25, -0.2) is 0 Å². The van der Waals surface area contributed by atoms with Crippen LogP contribution in [0, 0.1) is 0 Å². The summed E-state index contributed by atoms with van der Waals surface area (Å²) >= 11 is 0. The molecule has 7 heteroatoms. The first-order valence-corrected chi connectivity index (χ1v) is 4.17. The topological polar surface area (TPSA) is 18.5 Å². The van der Waals surface area contributed by atoms with Crippen LogP contribution >= 0.6 is 0 Å². The summed E-state index contributed by atoms with van der Waals surface area (Å²) in [4.78, 5) is 0. The lowest BCUT2D eigenvalue weighted by molar-refractivity contribution is -0.289. The molecule has 0 aliphatic carbocycles. The molecule has 1 aromatic rings. The summed E-state index contributed by atoms with van der Waals surface area (Å²) in [6.07, 6.45) is -5.62. The molecule has 1 aliphatic rings. The number of ether oxygens (including phenoxy) is 2. The maximum Gasteiger partial charge on any atom is 0.458 e. The van der Waals surface area contributed by atoms with E-state index in [-0.39, 0.29) is 18.3 Å². The van der Waals surface area contributed by atoms with Crippen LogP contribution in [0.5, 0.6) is 11.5 Å². The lowest BCUT2D eigenvalue weighted by atomic mass is 10.1. The zero-order chi connectivity index (χ0) is 12.0. The van der Waals surface area contributed by atoms with Gasteiger partial charge in [0.25, 0.3) is 0 Å². The van der Waals surface area contributed by atoms with E-state index in [1.54, 1.807) is 0 Å². The molecule has 1 aliphatic heterocycles. The fourth-order valence-corrected chi connectivity index (χ4v) is 1.26. The van der Waals surface area contributed by atoms with Gasteiger partial charge < -0.3 is 9.47 Å². The summed E-state index contributed by atoms with van der Waals surface area (Å²) in [7, 11) is 0. The highest BCUT2D eigenvalue weighted by Gasteiger charge is 2.58. The quantitative estimate of drug-likeness (QED) is 0.702. The first-order chi connectivity index (χ1) is 7.32. The Morgan fingerprint density at radius 3 is 2.19 bits per heavy atom. The standard InChI is InChI=1S/C9H5F5O2/c10-8(11,9(12,13)14)5-1-2-6-7(3-5)16-4-15-6/h1-3H,4H2. The molecule has 88 valence electrons. The van der Waals surface area contributed by atoms with E-state index >= 15 is 0 Å². The van der Waals surface area contributed by atoms with Crippen LogP contribution in [0.1, 0.15) is 5.56 Å². The van der Waals surface area contributed by atoms with E-state index in [1.807, 2.05) is 0 Å². The lowest BCUT2D eigenvalue weighted by Crippen LogP contribution is -2.33. The van der Waals surface area contributed by atoms with Crippen molar-refractivity contribution in [2.24, 2.45) is 0 Å². The third-order valence-corrected chi connectivity index (χ3v) is 2.09. The van der Waals surface area contributed by atoms with Crippen molar-refractivity contribution >= 4 is 0 Å². The van der Waals surface area contributed by atoms with Crippen molar-refractivity contribution in [1.82, 2.24) is 0 Å². The summed E-state index contributed by atoms with van der Waals surface area (Å²) < 4.78 is 71.5. The number of halogens is 5. The molecular formula is C9H5F5O2. The summed E-state index contributed by atoms with van der Waals surface area (Å²) in [6.45, 7) is -0.184. The normalized spacial score (nSPS) is 15.3. The Kier molecular flexibility index (Phi) is 2.21. The van der Waals surface area contributed by atoms with Crippen LogP contribution in [0.3, 0.4) is 0 Å². The second kappa shape index (κ2) is 3.23. The highest BCUT2D eigenvalue weighted by Crippen LogP contribution is 2.46. The number of hydrogen-bond acceptors (Lipinski definition) is 2. The van der Waals surface area contributed by atoms with Gasteiger partial charge in [0.1, 0.15) is 0 Å². The highest BCUT2D eigenvalue weighted by molar-refractivity contribution is 5.45. The van der Waals surface area contributed by atoms with Crippen LogP contribution in [0.4, 0.5) is 22.0 Å². The van der Waals surface area contributed by atoms with Gasteiger partial charge in [-0.15, -0.1) is 0 Å². The zero-order valence-electron chi connectivity index (χ0n) is 7.65. The molecule has 1 heterocycles. The van der Waals surface area contributed by atoms with Crippen molar-refractivity contribution in [3.05, 3.63) is 23.8 Å². The Morgan fingerprint density at radius 2 is 1.56 bits per heavy atom. The predicted octanol–water partition coefficient (Wildman–Crippen LogP) is 3.07. The SMILES string of the molecule is FC(F)(F)C(F)(F)c1ccc2c(c1)OCO2. The molecule has 0 bridgehead atoms. The molecule has 2 rings (SSSR count). The van der Waals surface area contributed by atoms with Crippen LogP contribution in [-0.2, 0) is 5.92 Å². The van der Waals surface area contributed by atoms with E-state index in [0.29, 0.717) is 12.1 Å². The van der Waals surface area contributed by atoms with Crippen LogP contribution in [0.15, 0.2) is 18.2 Å². The molecule has 0 saturated carbocycles. The molecule has 0 saturated heterocycles. The van der Waals surface area contributed by atoms with E-state index in [0.717, 1.165) is 6.07 Å². The first kappa shape index (κ1) is 11.0. The maximum absolute atomic E-state index is 12.9. The van der Waals surface area contributed by atoms with Gasteiger partial charge in [0.2, 0.25) is 6.79 Å². The van der Waals surface area contributed by atoms with Crippen molar-refractivity contribution in [3.8, 4) is 11.5 Å². The van der Waals surface area contributed by atoms with Crippen LogP contribution in [0.2, 0.25) is 0 Å². The molecule has 0 radical (unpaired) electrons. The second-order valence-electron chi connectivity index (χ2n) is 3.14. The monoisotopic (exact) mass is 240 g/mol. The number of benzene rings is 1. The fourth-order valence-electron chi connectivity index (χ4n) is 1.26. The minimum atomic E-state index is -5.62. The Balaban J connectivity index is 2.42. The summed E-state index contributed by atoms with van der Waals surface area (Å²) in [5.74, 6) is -4.85. The third-order valence-electron chi connectivity index (χ3n) is 2.09. The minimum absolute atomic E-state index is 0.110. The van der Waals surface area contributed by atoms with E-state index in [4.69, 9.17) is 9.47 Å². The molecule has 0 unspecified atom stereocenters. The van der Waals surface area contributed by atoms with E-state index in [9.17, 15) is 22.0 Å². The number of rotatable bonds is 1. The molecule has 0 N–H and O–H groups in total. The van der Waals surface area contributed by atoms with E-state index in [2.05, 4.69) is 0 Å². The number of fused-ring (bicyclic) bond motifs is 1. The Labute approximate surface area is 86.6 Å². The van der Waals surface area contributed by atoms with E-state index in [1.165, 1.54) is 0 Å². The molecule has 0 spiro atoms. The van der Waals surface area contributed by atoms with Gasteiger partial charge in [-0.2, -0.15) is 22.0 Å². The fraction of sp³-hybridized carbons (Fsp3) is 0.333. The summed E-state index contributed by atoms with van der Waals surface area (Å²) in [5, 5.41) is 0. The summed E-state index contributed by atoms with van der Waals surface area (Å²) in [5.41, 5.74) is -1.16. The lowest BCUT2D eigenvalue weighted by Gasteiger charge is -2.19. The Bertz CT molecular complexity index is 413. The zero-order valence-corrected chi connectivity index (χ0v) is 7.65. The molecule has 1 aromatic carbocycles. The predicted molar refractivity (Wildman–Crippen MR) is 42.5 cm³/mol. The Hall–Kier alpha value is -1.53. The van der Waals surface area contributed by atoms with Crippen LogP contribution in [-0.4, -0.2) is 13.0 Å². The molecule has 0 amide bonds. The summed E-state index contributed by atoms with van der Waals surface area (Å²) in [6, 6.07) is 2.33. The second-order valence-corrected chi connectivity index (χ2v) is 3.14. The molecular weight excluding hydrogens is 235 g/mol. The van der Waals surface area contributed by atoms with Gasteiger partial charge in [-0.05, 0) is 18.2 Å². The minimum Gasteiger partial charge on any atom is -0.454 e. The average Bonchev–Trinajstić information content (AvgIpc) is 2.61. The molecule has 16 heavy (non-hydrogen) atoms. The highest BCUT2D eigenvalue weighted by atomic mass is 19.4. The van der Waals surface area contributed by atoms with Gasteiger partial charge in [0.05, 0.1) is 0 Å². The Morgan fingerprint density at radius 1 is 0.938 bits per heavy atom. The van der Waals surface area contributed by atoms with Crippen molar-refractivity contribution in [3.63, 3.8) is 0 Å². The maximum atomic E-state index is 12.9. The number of hydrogen-bond donors (Lipinski definition) is 0. The van der Waals surface area contributed by atoms with Crippen molar-refractivity contribution < 1.29 is 31.4 Å². The third kappa shape index (κ3) is 1.56. The molecule has 0 aromatic heterocycles. The smallest absolute Gasteiger partial charge is 0.454 e.